The highest BCUT2D eigenvalue weighted by Crippen LogP contribution is 2.37. The van der Waals surface area contributed by atoms with E-state index in [1.165, 1.54) is 0 Å². The molecule has 2 aromatic rings. The highest BCUT2D eigenvalue weighted by molar-refractivity contribution is 7.19. The lowest BCUT2D eigenvalue weighted by Crippen LogP contribution is -1.84. The summed E-state index contributed by atoms with van der Waals surface area (Å²) in [6.45, 7) is 1.82. The van der Waals surface area contributed by atoms with E-state index in [2.05, 4.69) is 10.9 Å². The summed E-state index contributed by atoms with van der Waals surface area (Å²) in [5.41, 5.74) is 1.15. The summed E-state index contributed by atoms with van der Waals surface area (Å²) in [4.78, 5) is 3.92. The molecule has 0 bridgehead atoms. The summed E-state index contributed by atoms with van der Waals surface area (Å²) < 4.78 is 26.1. The summed E-state index contributed by atoms with van der Waals surface area (Å²) in [6, 6.07) is 0. The minimum absolute atomic E-state index is 0.0383. The number of aromatic nitrogens is 1. The average molecular weight is 223 g/mol. The molecule has 0 aliphatic rings. The van der Waals surface area contributed by atoms with E-state index in [0.29, 0.717) is 5.56 Å². The first kappa shape index (κ1) is 10.1. The van der Waals surface area contributed by atoms with Crippen molar-refractivity contribution in [2.45, 2.75) is 13.3 Å². The molecule has 0 spiro atoms. The van der Waals surface area contributed by atoms with Crippen LogP contribution in [-0.4, -0.2) is 4.98 Å². The van der Waals surface area contributed by atoms with Crippen LogP contribution in [0.4, 0.5) is 8.78 Å². The third kappa shape index (κ3) is 1.49. The van der Waals surface area contributed by atoms with Gasteiger partial charge in [0.25, 0.3) is 6.43 Å². The van der Waals surface area contributed by atoms with Gasteiger partial charge in [0.15, 0.2) is 0 Å². The average Bonchev–Trinajstić information content (AvgIpc) is 2.57. The van der Waals surface area contributed by atoms with Crippen molar-refractivity contribution in [1.82, 2.24) is 4.98 Å². The quantitative estimate of drug-likeness (QED) is 0.674. The van der Waals surface area contributed by atoms with E-state index in [0.717, 1.165) is 27.0 Å². The van der Waals surface area contributed by atoms with Gasteiger partial charge in [-0.05, 0) is 12.5 Å². The number of alkyl halides is 2. The number of rotatable bonds is 1. The molecule has 0 saturated carbocycles. The first-order valence-electron chi connectivity index (χ1n) is 4.27. The van der Waals surface area contributed by atoms with Gasteiger partial charge in [0.05, 0.1) is 15.1 Å². The van der Waals surface area contributed by atoms with E-state index in [4.69, 9.17) is 6.42 Å². The minimum atomic E-state index is -2.52. The van der Waals surface area contributed by atoms with Crippen molar-refractivity contribution in [1.29, 1.82) is 0 Å². The Balaban J connectivity index is 2.88. The Morgan fingerprint density at radius 1 is 1.47 bits per heavy atom. The first-order chi connectivity index (χ1) is 7.15. The molecule has 0 aliphatic carbocycles. The van der Waals surface area contributed by atoms with Crippen LogP contribution in [0.3, 0.4) is 0 Å². The second kappa shape index (κ2) is 3.59. The Hall–Kier alpha value is -1.47. The molecule has 0 radical (unpaired) electrons. The monoisotopic (exact) mass is 223 g/mol. The van der Waals surface area contributed by atoms with Gasteiger partial charge in [0.2, 0.25) is 0 Å². The molecule has 0 aliphatic heterocycles. The maximum atomic E-state index is 12.7. The fourth-order valence-electron chi connectivity index (χ4n) is 1.53. The molecule has 0 saturated heterocycles. The van der Waals surface area contributed by atoms with Gasteiger partial charge in [-0.15, -0.1) is 17.8 Å². The molecule has 0 unspecified atom stereocenters. The molecule has 15 heavy (non-hydrogen) atoms. The molecule has 1 nitrogen and oxygen atoms in total. The number of thiophene rings is 1. The van der Waals surface area contributed by atoms with E-state index in [1.807, 2.05) is 6.92 Å². The first-order valence-corrected chi connectivity index (χ1v) is 5.08. The maximum Gasteiger partial charge on any atom is 0.274 e. The number of nitrogens with zero attached hydrogens (tertiary/aromatic N) is 1. The number of fused-ring (bicyclic) bond motifs is 1. The van der Waals surface area contributed by atoms with Crippen molar-refractivity contribution in [2.75, 3.05) is 0 Å². The Bertz CT molecular complexity index is 551. The highest BCUT2D eigenvalue weighted by Gasteiger charge is 2.19. The van der Waals surface area contributed by atoms with E-state index >= 15 is 0 Å². The third-order valence-electron chi connectivity index (χ3n) is 2.16. The van der Waals surface area contributed by atoms with Crippen molar-refractivity contribution >= 4 is 21.4 Å². The van der Waals surface area contributed by atoms with Crippen LogP contribution in [-0.2, 0) is 0 Å². The van der Waals surface area contributed by atoms with Crippen LogP contribution in [0, 0.1) is 19.3 Å². The lowest BCUT2D eigenvalue weighted by molar-refractivity contribution is 0.155. The maximum absolute atomic E-state index is 12.7. The lowest BCUT2D eigenvalue weighted by Gasteiger charge is -1.97. The normalized spacial score (nSPS) is 10.9. The number of hydrogen-bond acceptors (Lipinski definition) is 2. The van der Waals surface area contributed by atoms with E-state index in [9.17, 15) is 8.78 Å². The molecule has 0 atom stereocenters. The second-order valence-corrected chi connectivity index (χ2v) is 4.20. The van der Waals surface area contributed by atoms with Crippen LogP contribution in [0.15, 0.2) is 12.4 Å². The zero-order valence-electron chi connectivity index (χ0n) is 7.92. The molecule has 0 aromatic carbocycles. The predicted octanol–water partition coefficient (Wildman–Crippen LogP) is 3.52. The molecule has 76 valence electrons. The SMILES string of the molecule is C#Cc1c(C(F)F)sc2cncc(C)c12. The van der Waals surface area contributed by atoms with E-state index in [1.54, 1.807) is 12.4 Å². The van der Waals surface area contributed by atoms with Crippen LogP contribution in [0.25, 0.3) is 10.1 Å². The number of hydrogen-bond donors (Lipinski definition) is 0. The second-order valence-electron chi connectivity index (χ2n) is 3.12. The molecule has 2 aromatic heterocycles. The number of pyridine rings is 1. The van der Waals surface area contributed by atoms with Crippen molar-refractivity contribution < 1.29 is 8.78 Å². The number of aryl methyl sites for hydroxylation is 1. The van der Waals surface area contributed by atoms with Gasteiger partial charge in [0.1, 0.15) is 0 Å². The van der Waals surface area contributed by atoms with Gasteiger partial charge >= 0.3 is 0 Å². The zero-order chi connectivity index (χ0) is 11.0. The Morgan fingerprint density at radius 2 is 2.20 bits per heavy atom. The smallest absolute Gasteiger partial charge is 0.263 e. The van der Waals surface area contributed by atoms with E-state index < -0.39 is 6.43 Å². The van der Waals surface area contributed by atoms with Crippen molar-refractivity contribution in [3.63, 3.8) is 0 Å². The third-order valence-corrected chi connectivity index (χ3v) is 3.29. The van der Waals surface area contributed by atoms with Gasteiger partial charge in [-0.25, -0.2) is 8.78 Å². The Morgan fingerprint density at radius 3 is 2.80 bits per heavy atom. The van der Waals surface area contributed by atoms with Crippen LogP contribution in [0.1, 0.15) is 22.4 Å². The van der Waals surface area contributed by atoms with Crippen LogP contribution in [0.2, 0.25) is 0 Å². The van der Waals surface area contributed by atoms with Crippen molar-refractivity contribution in [3.05, 3.63) is 28.4 Å². The van der Waals surface area contributed by atoms with Gasteiger partial charge in [-0.3, -0.25) is 4.98 Å². The lowest BCUT2D eigenvalue weighted by atomic mass is 10.1. The summed E-state index contributed by atoms with van der Waals surface area (Å²) in [5, 5.41) is 0.729. The fourth-order valence-corrected chi connectivity index (χ4v) is 2.60. The van der Waals surface area contributed by atoms with Gasteiger partial charge in [-0.1, -0.05) is 5.92 Å². The standard InChI is InChI=1S/C11H7F2NS/c1-3-7-9-6(2)4-14-5-8(9)15-10(7)11(12)13/h1,4-5,11H,2H3. The van der Waals surface area contributed by atoms with Crippen molar-refractivity contribution in [2.24, 2.45) is 0 Å². The Kier molecular flexibility index (Phi) is 2.41. The molecule has 2 rings (SSSR count). The van der Waals surface area contributed by atoms with Crippen LogP contribution >= 0.6 is 11.3 Å². The highest BCUT2D eigenvalue weighted by atomic mass is 32.1. The topological polar surface area (TPSA) is 12.9 Å². The molecular formula is C11H7F2NS. The van der Waals surface area contributed by atoms with Crippen LogP contribution < -0.4 is 0 Å². The molecular weight excluding hydrogens is 216 g/mol. The summed E-state index contributed by atoms with van der Waals surface area (Å²) in [5.74, 6) is 2.34. The summed E-state index contributed by atoms with van der Waals surface area (Å²) >= 11 is 1.02. The fraction of sp³-hybridized carbons (Fsp3) is 0.182. The molecule has 0 fully saturated rings. The zero-order valence-corrected chi connectivity index (χ0v) is 8.74. The molecule has 0 amide bonds. The largest absolute Gasteiger partial charge is 0.274 e. The van der Waals surface area contributed by atoms with Crippen LogP contribution in [0.5, 0.6) is 0 Å². The summed E-state index contributed by atoms with van der Waals surface area (Å²) in [7, 11) is 0. The molecule has 0 N–H and O–H groups in total. The molecule has 2 heterocycles. The van der Waals surface area contributed by atoms with E-state index in [-0.39, 0.29) is 4.88 Å². The Labute approximate surface area is 89.8 Å². The van der Waals surface area contributed by atoms with Gasteiger partial charge in [0, 0.05) is 17.8 Å². The van der Waals surface area contributed by atoms with Gasteiger partial charge < -0.3 is 0 Å². The predicted molar refractivity (Wildman–Crippen MR) is 57.2 cm³/mol. The minimum Gasteiger partial charge on any atom is -0.263 e. The number of halogens is 2. The van der Waals surface area contributed by atoms with Crippen molar-refractivity contribution in [3.8, 4) is 12.3 Å². The molecule has 4 heteroatoms. The van der Waals surface area contributed by atoms with Gasteiger partial charge in [-0.2, -0.15) is 0 Å². The summed E-state index contributed by atoms with van der Waals surface area (Å²) in [6.07, 6.45) is 5.95. The number of terminal acetylenes is 1.